The Morgan fingerprint density at radius 2 is 2.28 bits per heavy atom. The lowest BCUT2D eigenvalue weighted by atomic mass is 9.80. The van der Waals surface area contributed by atoms with E-state index in [0.717, 1.165) is 31.6 Å². The molecule has 2 N–H and O–H groups in total. The second kappa shape index (κ2) is 6.21. The second-order valence-electron chi connectivity index (χ2n) is 4.98. The number of methoxy groups -OCH3 is 1. The largest absolute Gasteiger partial charge is 0.497 e. The number of ether oxygens (including phenoxy) is 1. The van der Waals surface area contributed by atoms with Gasteiger partial charge in [-0.05, 0) is 49.1 Å². The van der Waals surface area contributed by atoms with Crippen molar-refractivity contribution in [3.63, 3.8) is 0 Å². The van der Waals surface area contributed by atoms with Crippen molar-refractivity contribution in [1.82, 2.24) is 5.32 Å². The van der Waals surface area contributed by atoms with E-state index in [2.05, 4.69) is 24.4 Å². The summed E-state index contributed by atoms with van der Waals surface area (Å²) in [5.41, 5.74) is 2.68. The maximum atomic E-state index is 9.52. The predicted octanol–water partition coefficient (Wildman–Crippen LogP) is 2.29. The van der Waals surface area contributed by atoms with Crippen LogP contribution >= 0.6 is 0 Å². The van der Waals surface area contributed by atoms with Crippen LogP contribution in [0, 0.1) is 5.92 Å². The standard InChI is InChI=1S/C15H23NO2/c1-3-8-16-15-12(10-17)5-4-11-9-13(18-2)6-7-14(11)15/h6-7,9,12,15-17H,3-5,8,10H2,1-2H3. The molecule has 0 fully saturated rings. The summed E-state index contributed by atoms with van der Waals surface area (Å²) in [4.78, 5) is 0. The van der Waals surface area contributed by atoms with Gasteiger partial charge in [0.1, 0.15) is 5.75 Å². The lowest BCUT2D eigenvalue weighted by Gasteiger charge is -2.33. The molecular formula is C15H23NO2. The fourth-order valence-electron chi connectivity index (χ4n) is 2.76. The molecule has 0 spiro atoms. The molecule has 2 rings (SSSR count). The van der Waals surface area contributed by atoms with Gasteiger partial charge in [-0.2, -0.15) is 0 Å². The van der Waals surface area contributed by atoms with Gasteiger partial charge in [0.15, 0.2) is 0 Å². The molecule has 3 heteroatoms. The molecule has 0 amide bonds. The summed E-state index contributed by atoms with van der Waals surface area (Å²) in [6.45, 7) is 3.41. The van der Waals surface area contributed by atoms with Crippen LogP contribution < -0.4 is 10.1 Å². The smallest absolute Gasteiger partial charge is 0.119 e. The van der Waals surface area contributed by atoms with E-state index in [9.17, 15) is 5.11 Å². The summed E-state index contributed by atoms with van der Waals surface area (Å²) in [6, 6.07) is 6.57. The third-order valence-corrected chi connectivity index (χ3v) is 3.79. The lowest BCUT2D eigenvalue weighted by Crippen LogP contribution is -2.34. The molecule has 100 valence electrons. The fraction of sp³-hybridized carbons (Fsp3) is 0.600. The van der Waals surface area contributed by atoms with Gasteiger partial charge in [0, 0.05) is 18.6 Å². The number of hydrogen-bond acceptors (Lipinski definition) is 3. The minimum absolute atomic E-state index is 0.257. The highest BCUT2D eigenvalue weighted by molar-refractivity contribution is 5.39. The normalized spacial score (nSPS) is 22.6. The van der Waals surface area contributed by atoms with Crippen LogP contribution in [-0.2, 0) is 6.42 Å². The van der Waals surface area contributed by atoms with Crippen molar-refractivity contribution in [2.45, 2.75) is 32.2 Å². The number of aryl methyl sites for hydroxylation is 1. The minimum atomic E-state index is 0.257. The fourth-order valence-corrected chi connectivity index (χ4v) is 2.76. The highest BCUT2D eigenvalue weighted by Crippen LogP contribution is 2.35. The third-order valence-electron chi connectivity index (χ3n) is 3.79. The number of aliphatic hydroxyl groups excluding tert-OH is 1. The van der Waals surface area contributed by atoms with Crippen LogP contribution in [0.15, 0.2) is 18.2 Å². The molecular weight excluding hydrogens is 226 g/mol. The van der Waals surface area contributed by atoms with Crippen molar-refractivity contribution in [2.24, 2.45) is 5.92 Å². The van der Waals surface area contributed by atoms with Crippen molar-refractivity contribution in [1.29, 1.82) is 0 Å². The molecule has 0 bridgehead atoms. The Morgan fingerprint density at radius 1 is 1.44 bits per heavy atom. The quantitative estimate of drug-likeness (QED) is 0.841. The van der Waals surface area contributed by atoms with Gasteiger partial charge in [0.05, 0.1) is 7.11 Å². The highest BCUT2D eigenvalue weighted by atomic mass is 16.5. The van der Waals surface area contributed by atoms with Gasteiger partial charge in [-0.3, -0.25) is 0 Å². The average Bonchev–Trinajstić information content (AvgIpc) is 2.43. The van der Waals surface area contributed by atoms with Crippen molar-refractivity contribution in [3.8, 4) is 5.75 Å². The summed E-state index contributed by atoms with van der Waals surface area (Å²) >= 11 is 0. The number of rotatable bonds is 5. The molecule has 0 radical (unpaired) electrons. The van der Waals surface area contributed by atoms with Gasteiger partial charge in [0.2, 0.25) is 0 Å². The van der Waals surface area contributed by atoms with Gasteiger partial charge < -0.3 is 15.2 Å². The average molecular weight is 249 g/mol. The lowest BCUT2D eigenvalue weighted by molar-refractivity contribution is 0.174. The third kappa shape index (κ3) is 2.68. The zero-order chi connectivity index (χ0) is 13.0. The van der Waals surface area contributed by atoms with Gasteiger partial charge >= 0.3 is 0 Å². The van der Waals surface area contributed by atoms with Crippen LogP contribution in [0.25, 0.3) is 0 Å². The summed E-state index contributed by atoms with van der Waals surface area (Å²) in [6.07, 6.45) is 3.18. The van der Waals surface area contributed by atoms with E-state index < -0.39 is 0 Å². The molecule has 1 aromatic rings. The Kier molecular flexibility index (Phi) is 4.61. The van der Waals surface area contributed by atoms with Gasteiger partial charge in [-0.25, -0.2) is 0 Å². The topological polar surface area (TPSA) is 41.5 Å². The molecule has 1 aliphatic rings. The van der Waals surface area contributed by atoms with E-state index in [1.54, 1.807) is 7.11 Å². The van der Waals surface area contributed by atoms with E-state index >= 15 is 0 Å². The molecule has 0 saturated carbocycles. The summed E-state index contributed by atoms with van der Waals surface area (Å²) in [5.74, 6) is 1.25. The Morgan fingerprint density at radius 3 is 2.94 bits per heavy atom. The van der Waals surface area contributed by atoms with Crippen LogP contribution in [0.2, 0.25) is 0 Å². The molecule has 1 aliphatic carbocycles. The Bertz CT molecular complexity index is 392. The van der Waals surface area contributed by atoms with Crippen LogP contribution in [0.5, 0.6) is 5.75 Å². The number of fused-ring (bicyclic) bond motifs is 1. The molecule has 2 atom stereocenters. The van der Waals surface area contributed by atoms with E-state index in [-0.39, 0.29) is 12.6 Å². The number of nitrogens with one attached hydrogen (secondary N) is 1. The number of benzene rings is 1. The van der Waals surface area contributed by atoms with Crippen LogP contribution in [0.3, 0.4) is 0 Å². The molecule has 1 aromatic carbocycles. The molecule has 18 heavy (non-hydrogen) atoms. The Balaban J connectivity index is 2.26. The van der Waals surface area contributed by atoms with E-state index in [1.807, 2.05) is 6.07 Å². The van der Waals surface area contributed by atoms with Crippen LogP contribution in [0.4, 0.5) is 0 Å². The van der Waals surface area contributed by atoms with Crippen molar-refractivity contribution < 1.29 is 9.84 Å². The van der Waals surface area contributed by atoms with E-state index in [0.29, 0.717) is 5.92 Å². The first-order valence-corrected chi connectivity index (χ1v) is 6.81. The molecule has 0 saturated heterocycles. The number of hydrogen-bond donors (Lipinski definition) is 2. The predicted molar refractivity (Wildman–Crippen MR) is 72.9 cm³/mol. The first-order chi connectivity index (χ1) is 8.80. The Hall–Kier alpha value is -1.06. The van der Waals surface area contributed by atoms with Crippen molar-refractivity contribution >= 4 is 0 Å². The maximum Gasteiger partial charge on any atom is 0.119 e. The van der Waals surface area contributed by atoms with Gasteiger partial charge in [0.25, 0.3) is 0 Å². The first kappa shape index (κ1) is 13.4. The van der Waals surface area contributed by atoms with Crippen LogP contribution in [-0.4, -0.2) is 25.4 Å². The summed E-state index contributed by atoms with van der Waals surface area (Å²) in [7, 11) is 1.70. The molecule has 2 unspecified atom stereocenters. The summed E-state index contributed by atoms with van der Waals surface area (Å²) in [5, 5.41) is 13.1. The maximum absolute atomic E-state index is 9.52. The van der Waals surface area contributed by atoms with E-state index in [4.69, 9.17) is 4.74 Å². The number of aliphatic hydroxyl groups is 1. The molecule has 0 aromatic heterocycles. The summed E-state index contributed by atoms with van der Waals surface area (Å²) < 4.78 is 5.28. The first-order valence-electron chi connectivity index (χ1n) is 6.81. The second-order valence-corrected chi connectivity index (χ2v) is 4.98. The zero-order valence-electron chi connectivity index (χ0n) is 11.3. The van der Waals surface area contributed by atoms with E-state index in [1.165, 1.54) is 11.1 Å². The molecule has 0 aliphatic heterocycles. The van der Waals surface area contributed by atoms with Gasteiger partial charge in [-0.15, -0.1) is 0 Å². The minimum Gasteiger partial charge on any atom is -0.497 e. The highest BCUT2D eigenvalue weighted by Gasteiger charge is 2.28. The van der Waals surface area contributed by atoms with Gasteiger partial charge in [-0.1, -0.05) is 13.0 Å². The zero-order valence-corrected chi connectivity index (χ0v) is 11.3. The molecule has 0 heterocycles. The van der Waals surface area contributed by atoms with Crippen molar-refractivity contribution in [2.75, 3.05) is 20.3 Å². The molecule has 3 nitrogen and oxygen atoms in total. The van der Waals surface area contributed by atoms with Crippen molar-refractivity contribution in [3.05, 3.63) is 29.3 Å². The van der Waals surface area contributed by atoms with Crippen LogP contribution in [0.1, 0.15) is 36.9 Å². The SMILES string of the molecule is CCCNC1c2ccc(OC)cc2CCC1CO. The Labute approximate surface area is 109 Å². The monoisotopic (exact) mass is 249 g/mol.